The SMILES string of the molecule is Nc1ccc(NN2CCOCC2)c(Cl)c1. The van der Waals surface area contributed by atoms with Gasteiger partial charge in [-0.1, -0.05) is 11.6 Å². The molecule has 0 unspecified atom stereocenters. The molecule has 2 rings (SSSR count). The average molecular weight is 228 g/mol. The van der Waals surface area contributed by atoms with E-state index in [-0.39, 0.29) is 0 Å². The molecule has 0 bridgehead atoms. The molecular weight excluding hydrogens is 214 g/mol. The van der Waals surface area contributed by atoms with Crippen molar-refractivity contribution in [2.75, 3.05) is 37.5 Å². The van der Waals surface area contributed by atoms with Crippen LogP contribution in [0.5, 0.6) is 0 Å². The highest BCUT2D eigenvalue weighted by Crippen LogP contribution is 2.24. The Hall–Kier alpha value is -0.970. The summed E-state index contributed by atoms with van der Waals surface area (Å²) in [5.41, 5.74) is 10.4. The quantitative estimate of drug-likeness (QED) is 0.754. The summed E-state index contributed by atoms with van der Waals surface area (Å²) in [5.74, 6) is 0. The molecule has 0 radical (unpaired) electrons. The summed E-state index contributed by atoms with van der Waals surface area (Å²) >= 11 is 6.05. The molecule has 0 aliphatic carbocycles. The molecule has 0 atom stereocenters. The van der Waals surface area contributed by atoms with Crippen molar-refractivity contribution in [3.05, 3.63) is 23.2 Å². The van der Waals surface area contributed by atoms with E-state index in [1.54, 1.807) is 6.07 Å². The molecule has 0 amide bonds. The Bertz CT molecular complexity index is 339. The van der Waals surface area contributed by atoms with Gasteiger partial charge in [-0.3, -0.25) is 0 Å². The fourth-order valence-electron chi connectivity index (χ4n) is 1.47. The number of nitrogens with zero attached hydrogens (tertiary/aromatic N) is 1. The van der Waals surface area contributed by atoms with Gasteiger partial charge in [-0.15, -0.1) is 0 Å². The van der Waals surface area contributed by atoms with Crippen LogP contribution in [0.1, 0.15) is 0 Å². The second-order valence-electron chi connectivity index (χ2n) is 3.45. The van der Waals surface area contributed by atoms with Crippen LogP contribution in [0.2, 0.25) is 5.02 Å². The Balaban J connectivity index is 2.03. The number of rotatable bonds is 2. The minimum atomic E-state index is 0.640. The van der Waals surface area contributed by atoms with Crippen LogP contribution in [-0.2, 0) is 4.74 Å². The maximum atomic E-state index is 6.05. The van der Waals surface area contributed by atoms with Crippen LogP contribution in [0.15, 0.2) is 18.2 Å². The van der Waals surface area contributed by atoms with Gasteiger partial charge in [-0.05, 0) is 18.2 Å². The zero-order chi connectivity index (χ0) is 10.7. The second-order valence-corrected chi connectivity index (χ2v) is 3.86. The number of hydrogen-bond donors (Lipinski definition) is 2. The first-order valence-electron chi connectivity index (χ1n) is 4.90. The van der Waals surface area contributed by atoms with Crippen LogP contribution in [0, 0.1) is 0 Å². The maximum absolute atomic E-state index is 6.05. The second kappa shape index (κ2) is 4.70. The number of nitrogens with one attached hydrogen (secondary N) is 1. The van der Waals surface area contributed by atoms with Gasteiger partial charge in [-0.25, -0.2) is 5.01 Å². The standard InChI is InChI=1S/C10H14ClN3O/c11-9-7-8(12)1-2-10(9)13-14-3-5-15-6-4-14/h1-2,7,13H,3-6,12H2. The first-order valence-corrected chi connectivity index (χ1v) is 5.28. The van der Waals surface area contributed by atoms with Crippen molar-refractivity contribution >= 4 is 23.0 Å². The summed E-state index contributed by atoms with van der Waals surface area (Å²) in [6.45, 7) is 3.22. The van der Waals surface area contributed by atoms with Gasteiger partial charge < -0.3 is 15.9 Å². The van der Waals surface area contributed by atoms with E-state index in [1.807, 2.05) is 12.1 Å². The molecule has 5 heteroatoms. The lowest BCUT2D eigenvalue weighted by atomic mass is 10.3. The molecule has 1 saturated heterocycles. The number of hydrazine groups is 1. The summed E-state index contributed by atoms with van der Waals surface area (Å²) in [6.07, 6.45) is 0. The van der Waals surface area contributed by atoms with Gasteiger partial charge in [0.25, 0.3) is 0 Å². The van der Waals surface area contributed by atoms with E-state index >= 15 is 0 Å². The fraction of sp³-hybridized carbons (Fsp3) is 0.400. The van der Waals surface area contributed by atoms with Crippen LogP contribution in [0.3, 0.4) is 0 Å². The molecule has 1 aliphatic rings. The number of nitrogen functional groups attached to an aromatic ring is 1. The highest BCUT2D eigenvalue weighted by atomic mass is 35.5. The van der Waals surface area contributed by atoms with Crippen LogP contribution < -0.4 is 11.2 Å². The summed E-state index contributed by atoms with van der Waals surface area (Å²) in [6, 6.07) is 5.45. The average Bonchev–Trinajstić information content (AvgIpc) is 2.24. The number of morpholine rings is 1. The number of hydrogen-bond acceptors (Lipinski definition) is 4. The maximum Gasteiger partial charge on any atom is 0.0677 e. The van der Waals surface area contributed by atoms with Gasteiger partial charge in [0.15, 0.2) is 0 Å². The Labute approximate surface area is 93.9 Å². The molecular formula is C10H14ClN3O. The van der Waals surface area contributed by atoms with Crippen molar-refractivity contribution in [2.24, 2.45) is 0 Å². The van der Waals surface area contributed by atoms with E-state index in [9.17, 15) is 0 Å². The molecule has 1 heterocycles. The van der Waals surface area contributed by atoms with Gasteiger partial charge in [0.2, 0.25) is 0 Å². The zero-order valence-corrected chi connectivity index (χ0v) is 9.13. The molecule has 3 N–H and O–H groups in total. The van der Waals surface area contributed by atoms with Crippen molar-refractivity contribution in [2.45, 2.75) is 0 Å². The Kier molecular flexibility index (Phi) is 3.30. The van der Waals surface area contributed by atoms with Crippen molar-refractivity contribution in [1.29, 1.82) is 0 Å². The minimum Gasteiger partial charge on any atom is -0.399 e. The van der Waals surface area contributed by atoms with Gasteiger partial charge in [-0.2, -0.15) is 0 Å². The van der Waals surface area contributed by atoms with E-state index in [2.05, 4.69) is 10.4 Å². The largest absolute Gasteiger partial charge is 0.399 e. The highest BCUT2D eigenvalue weighted by Gasteiger charge is 2.11. The molecule has 0 aromatic heterocycles. The number of nitrogens with two attached hydrogens (primary N) is 1. The minimum absolute atomic E-state index is 0.640. The lowest BCUT2D eigenvalue weighted by Crippen LogP contribution is -2.40. The molecule has 1 aromatic rings. The predicted molar refractivity (Wildman–Crippen MR) is 61.9 cm³/mol. The lowest BCUT2D eigenvalue weighted by molar-refractivity contribution is 0.0497. The predicted octanol–water partition coefficient (Wildman–Crippen LogP) is 1.58. The Morgan fingerprint density at radius 3 is 2.73 bits per heavy atom. The van der Waals surface area contributed by atoms with Crippen LogP contribution in [0.4, 0.5) is 11.4 Å². The van der Waals surface area contributed by atoms with Gasteiger partial charge in [0.1, 0.15) is 0 Å². The summed E-state index contributed by atoms with van der Waals surface area (Å²) in [7, 11) is 0. The number of halogens is 1. The molecule has 0 spiro atoms. The van der Waals surface area contributed by atoms with Crippen molar-refractivity contribution in [3.63, 3.8) is 0 Å². The van der Waals surface area contributed by atoms with Crippen LogP contribution in [-0.4, -0.2) is 31.3 Å². The topological polar surface area (TPSA) is 50.5 Å². The third-order valence-electron chi connectivity index (χ3n) is 2.28. The number of anilines is 2. The fourth-order valence-corrected chi connectivity index (χ4v) is 1.70. The third-order valence-corrected chi connectivity index (χ3v) is 2.60. The zero-order valence-electron chi connectivity index (χ0n) is 8.37. The molecule has 0 saturated carbocycles. The smallest absolute Gasteiger partial charge is 0.0677 e. The van der Waals surface area contributed by atoms with Gasteiger partial charge in [0, 0.05) is 18.8 Å². The van der Waals surface area contributed by atoms with E-state index in [0.717, 1.165) is 32.0 Å². The molecule has 1 aliphatic heterocycles. The van der Waals surface area contributed by atoms with E-state index < -0.39 is 0 Å². The van der Waals surface area contributed by atoms with Crippen molar-refractivity contribution in [1.82, 2.24) is 5.01 Å². The summed E-state index contributed by atoms with van der Waals surface area (Å²) < 4.78 is 5.25. The van der Waals surface area contributed by atoms with E-state index in [0.29, 0.717) is 10.7 Å². The van der Waals surface area contributed by atoms with Gasteiger partial charge >= 0.3 is 0 Å². The van der Waals surface area contributed by atoms with E-state index in [4.69, 9.17) is 22.1 Å². The van der Waals surface area contributed by atoms with Crippen molar-refractivity contribution in [3.8, 4) is 0 Å². The first kappa shape index (κ1) is 10.5. The highest BCUT2D eigenvalue weighted by molar-refractivity contribution is 6.33. The third kappa shape index (κ3) is 2.75. The summed E-state index contributed by atoms with van der Waals surface area (Å²) in [5, 5.41) is 2.72. The molecule has 4 nitrogen and oxygen atoms in total. The van der Waals surface area contributed by atoms with Gasteiger partial charge in [0.05, 0.1) is 23.9 Å². The van der Waals surface area contributed by atoms with Crippen LogP contribution >= 0.6 is 11.6 Å². The molecule has 82 valence electrons. The normalized spacial score (nSPS) is 17.7. The molecule has 15 heavy (non-hydrogen) atoms. The summed E-state index contributed by atoms with van der Waals surface area (Å²) in [4.78, 5) is 0. The van der Waals surface area contributed by atoms with Crippen LogP contribution in [0.25, 0.3) is 0 Å². The molecule has 1 aromatic carbocycles. The lowest BCUT2D eigenvalue weighted by Gasteiger charge is -2.28. The first-order chi connectivity index (χ1) is 7.25. The number of ether oxygens (including phenoxy) is 1. The van der Waals surface area contributed by atoms with E-state index in [1.165, 1.54) is 0 Å². The monoisotopic (exact) mass is 227 g/mol. The Morgan fingerprint density at radius 2 is 2.07 bits per heavy atom. The Morgan fingerprint density at radius 1 is 1.33 bits per heavy atom. The van der Waals surface area contributed by atoms with Crippen molar-refractivity contribution < 1.29 is 4.74 Å². The molecule has 1 fully saturated rings. The number of benzene rings is 1.